The summed E-state index contributed by atoms with van der Waals surface area (Å²) in [5.74, 6) is 1.18. The van der Waals surface area contributed by atoms with Crippen LogP contribution in [0.2, 0.25) is 0 Å². The van der Waals surface area contributed by atoms with E-state index in [-0.39, 0.29) is 12.1 Å². The van der Waals surface area contributed by atoms with Crippen molar-refractivity contribution in [3.8, 4) is 0 Å². The summed E-state index contributed by atoms with van der Waals surface area (Å²) in [7, 11) is 0. The predicted molar refractivity (Wildman–Crippen MR) is 40.9 cm³/mol. The van der Waals surface area contributed by atoms with Gasteiger partial charge in [-0.25, -0.2) is 0 Å². The second kappa shape index (κ2) is 2.36. The first-order valence-corrected chi connectivity index (χ1v) is 4.11. The highest BCUT2D eigenvalue weighted by Gasteiger charge is 2.43. The molecule has 2 rings (SSSR count). The lowest BCUT2D eigenvalue weighted by Gasteiger charge is -2.38. The van der Waals surface area contributed by atoms with Crippen molar-refractivity contribution in [1.82, 2.24) is 0 Å². The molecule has 1 saturated carbocycles. The minimum atomic E-state index is -0.139. The van der Waals surface area contributed by atoms with Crippen molar-refractivity contribution in [3.05, 3.63) is 12.2 Å². The van der Waals surface area contributed by atoms with Crippen LogP contribution >= 0.6 is 0 Å². The molecular weight excluding hydrogens is 140 g/mol. The van der Waals surface area contributed by atoms with Gasteiger partial charge in [0.05, 0.1) is 0 Å². The van der Waals surface area contributed by atoms with Gasteiger partial charge in [0.1, 0.15) is 6.10 Å². The van der Waals surface area contributed by atoms with E-state index in [9.17, 15) is 4.79 Å². The van der Waals surface area contributed by atoms with Gasteiger partial charge in [-0.2, -0.15) is 0 Å². The van der Waals surface area contributed by atoms with Crippen molar-refractivity contribution in [3.63, 3.8) is 0 Å². The number of ether oxygens (including phenoxy) is 1. The van der Waals surface area contributed by atoms with Gasteiger partial charge in [-0.3, -0.25) is 4.79 Å². The van der Waals surface area contributed by atoms with Gasteiger partial charge in [0.15, 0.2) is 0 Å². The van der Waals surface area contributed by atoms with Crippen LogP contribution in [-0.2, 0) is 9.53 Å². The number of allylic oxidation sites excluding steroid dienone is 2. The van der Waals surface area contributed by atoms with E-state index in [2.05, 4.69) is 12.2 Å². The first-order valence-electron chi connectivity index (χ1n) is 4.11. The fourth-order valence-electron chi connectivity index (χ4n) is 2.00. The van der Waals surface area contributed by atoms with E-state index in [1.54, 1.807) is 0 Å². The molecule has 2 nitrogen and oxygen atoms in total. The number of fused-ring (bicyclic) bond motifs is 1. The highest BCUT2D eigenvalue weighted by Crippen LogP contribution is 2.44. The zero-order valence-corrected chi connectivity index (χ0v) is 6.62. The lowest BCUT2D eigenvalue weighted by atomic mass is 9.73. The third kappa shape index (κ3) is 1.06. The minimum absolute atomic E-state index is 0.139. The molecule has 0 amide bonds. The molecule has 0 aromatic rings. The number of esters is 1. The second-order valence-electron chi connectivity index (χ2n) is 3.38. The van der Waals surface area contributed by atoms with Gasteiger partial charge in [0.2, 0.25) is 0 Å². The Kier molecular flexibility index (Phi) is 1.48. The van der Waals surface area contributed by atoms with Crippen LogP contribution in [0.15, 0.2) is 12.2 Å². The van der Waals surface area contributed by atoms with Crippen molar-refractivity contribution in [2.45, 2.75) is 25.9 Å². The highest BCUT2D eigenvalue weighted by molar-refractivity contribution is 5.66. The van der Waals surface area contributed by atoms with E-state index in [0.29, 0.717) is 11.8 Å². The van der Waals surface area contributed by atoms with Crippen molar-refractivity contribution in [2.24, 2.45) is 11.8 Å². The average molecular weight is 152 g/mol. The van der Waals surface area contributed by atoms with Gasteiger partial charge in [-0.1, -0.05) is 12.2 Å². The number of hydrogen-bond donors (Lipinski definition) is 0. The average Bonchev–Trinajstić information content (AvgIpc) is 2.26. The molecule has 60 valence electrons. The fraction of sp³-hybridized carbons (Fsp3) is 0.667. The molecule has 11 heavy (non-hydrogen) atoms. The van der Waals surface area contributed by atoms with E-state index < -0.39 is 0 Å². The normalized spacial score (nSPS) is 39.5. The molecule has 0 aromatic carbocycles. The van der Waals surface area contributed by atoms with Crippen LogP contribution in [0.3, 0.4) is 0 Å². The van der Waals surface area contributed by atoms with Crippen LogP contribution in [0.5, 0.6) is 0 Å². The van der Waals surface area contributed by atoms with Gasteiger partial charge < -0.3 is 4.74 Å². The van der Waals surface area contributed by atoms with E-state index in [0.717, 1.165) is 12.8 Å². The third-order valence-electron chi connectivity index (χ3n) is 2.64. The van der Waals surface area contributed by atoms with Crippen molar-refractivity contribution < 1.29 is 9.53 Å². The molecule has 2 aliphatic carbocycles. The smallest absolute Gasteiger partial charge is 0.302 e. The largest absolute Gasteiger partial charge is 0.462 e. The first kappa shape index (κ1) is 6.89. The maximum absolute atomic E-state index is 10.6. The lowest BCUT2D eigenvalue weighted by Crippen LogP contribution is -2.40. The van der Waals surface area contributed by atoms with Crippen LogP contribution in [0.4, 0.5) is 0 Å². The standard InChI is InChI=1S/C9H12O2/c1-6(10)11-9-5-7-3-2-4-8(7)9/h2-3,7-9H,4-5H2,1H3/t7-,8-,9+/m0/s1. The molecule has 0 bridgehead atoms. The number of hydrogen-bond acceptors (Lipinski definition) is 2. The zero-order chi connectivity index (χ0) is 7.84. The van der Waals surface area contributed by atoms with E-state index in [4.69, 9.17) is 4.74 Å². The molecule has 0 spiro atoms. The molecule has 2 aliphatic rings. The fourth-order valence-corrected chi connectivity index (χ4v) is 2.00. The number of rotatable bonds is 1. The Morgan fingerprint density at radius 1 is 1.64 bits per heavy atom. The molecule has 0 unspecified atom stereocenters. The highest BCUT2D eigenvalue weighted by atomic mass is 16.5. The number of carbonyl (C=O) groups is 1. The quantitative estimate of drug-likeness (QED) is 0.420. The lowest BCUT2D eigenvalue weighted by molar-refractivity contribution is -0.157. The van der Waals surface area contributed by atoms with Crippen LogP contribution < -0.4 is 0 Å². The van der Waals surface area contributed by atoms with E-state index in [1.165, 1.54) is 6.92 Å². The minimum Gasteiger partial charge on any atom is -0.462 e. The Morgan fingerprint density at radius 3 is 3.09 bits per heavy atom. The van der Waals surface area contributed by atoms with Crippen molar-refractivity contribution in [2.75, 3.05) is 0 Å². The molecule has 2 heteroatoms. The topological polar surface area (TPSA) is 26.3 Å². The van der Waals surface area contributed by atoms with Gasteiger partial charge in [-0.05, 0) is 18.8 Å². The molecular formula is C9H12O2. The van der Waals surface area contributed by atoms with Crippen molar-refractivity contribution in [1.29, 1.82) is 0 Å². The Labute approximate surface area is 66.2 Å². The molecule has 3 atom stereocenters. The van der Waals surface area contributed by atoms with Crippen LogP contribution in [-0.4, -0.2) is 12.1 Å². The summed E-state index contributed by atoms with van der Waals surface area (Å²) in [6.07, 6.45) is 6.79. The van der Waals surface area contributed by atoms with E-state index >= 15 is 0 Å². The SMILES string of the molecule is CC(=O)O[C@@H]1C[C@@H]2C=CC[C@@H]21. The molecule has 0 aliphatic heterocycles. The molecule has 0 N–H and O–H groups in total. The van der Waals surface area contributed by atoms with Crippen LogP contribution in [0, 0.1) is 11.8 Å². The molecule has 0 heterocycles. The van der Waals surface area contributed by atoms with Crippen LogP contribution in [0.1, 0.15) is 19.8 Å². The monoisotopic (exact) mass is 152 g/mol. The number of carbonyl (C=O) groups excluding carboxylic acids is 1. The predicted octanol–water partition coefficient (Wildman–Crippen LogP) is 1.51. The Hall–Kier alpha value is -0.790. The van der Waals surface area contributed by atoms with Gasteiger partial charge in [0, 0.05) is 12.8 Å². The van der Waals surface area contributed by atoms with E-state index in [1.807, 2.05) is 0 Å². The van der Waals surface area contributed by atoms with Crippen molar-refractivity contribution >= 4 is 5.97 Å². The Bertz CT molecular complexity index is 208. The summed E-state index contributed by atoms with van der Waals surface area (Å²) in [6, 6.07) is 0. The first-order chi connectivity index (χ1) is 5.27. The summed E-state index contributed by atoms with van der Waals surface area (Å²) < 4.78 is 5.12. The summed E-state index contributed by atoms with van der Waals surface area (Å²) in [5, 5.41) is 0. The molecule has 0 aromatic heterocycles. The van der Waals surface area contributed by atoms with Gasteiger partial charge >= 0.3 is 5.97 Å². The van der Waals surface area contributed by atoms with Crippen LogP contribution in [0.25, 0.3) is 0 Å². The van der Waals surface area contributed by atoms with Gasteiger partial charge in [-0.15, -0.1) is 0 Å². The summed E-state index contributed by atoms with van der Waals surface area (Å²) in [5.41, 5.74) is 0. The Morgan fingerprint density at radius 2 is 2.45 bits per heavy atom. The summed E-state index contributed by atoms with van der Waals surface area (Å²) in [4.78, 5) is 10.6. The summed E-state index contributed by atoms with van der Waals surface area (Å²) >= 11 is 0. The maximum Gasteiger partial charge on any atom is 0.302 e. The summed E-state index contributed by atoms with van der Waals surface area (Å²) in [6.45, 7) is 1.48. The third-order valence-corrected chi connectivity index (χ3v) is 2.64. The molecule has 0 saturated heterocycles. The maximum atomic E-state index is 10.6. The molecule has 0 radical (unpaired) electrons. The zero-order valence-electron chi connectivity index (χ0n) is 6.62. The van der Waals surface area contributed by atoms with Gasteiger partial charge in [0.25, 0.3) is 0 Å². The Balaban J connectivity index is 1.88. The molecule has 1 fully saturated rings. The second-order valence-corrected chi connectivity index (χ2v) is 3.38.